The lowest BCUT2D eigenvalue weighted by Crippen LogP contribution is -2.29. The van der Waals surface area contributed by atoms with E-state index >= 15 is 0 Å². The topological polar surface area (TPSA) is 20.2 Å². The third-order valence-electron chi connectivity index (χ3n) is 3.40. The van der Waals surface area contributed by atoms with Crippen LogP contribution in [0.2, 0.25) is 0 Å². The second kappa shape index (κ2) is 4.14. The number of hydrogen-bond donors (Lipinski definition) is 1. The van der Waals surface area contributed by atoms with Crippen LogP contribution in [0.3, 0.4) is 0 Å². The number of aliphatic hydroxyl groups is 1. The maximum atomic E-state index is 10.1. The highest BCUT2D eigenvalue weighted by molar-refractivity contribution is 5.21. The van der Waals surface area contributed by atoms with E-state index in [9.17, 15) is 5.11 Å². The van der Waals surface area contributed by atoms with Crippen LogP contribution in [-0.4, -0.2) is 11.2 Å². The standard InChI is InChI=1S/C13H18O/c1-10-6-5-9-12(13(10)14)11-7-3-2-4-8-11/h2-4,7-8,10,12-14H,5-6,9H2,1H3/t10-,12-,13-/m1/s1. The molecule has 1 heteroatoms. The zero-order chi connectivity index (χ0) is 9.97. The fraction of sp³-hybridized carbons (Fsp3) is 0.538. The average Bonchev–Trinajstić information content (AvgIpc) is 2.23. The smallest absolute Gasteiger partial charge is 0.0634 e. The van der Waals surface area contributed by atoms with Crippen LogP contribution < -0.4 is 0 Å². The monoisotopic (exact) mass is 190 g/mol. The molecule has 0 radical (unpaired) electrons. The first kappa shape index (κ1) is 9.72. The van der Waals surface area contributed by atoms with Crippen LogP contribution in [0.25, 0.3) is 0 Å². The quantitative estimate of drug-likeness (QED) is 0.722. The molecule has 0 amide bonds. The number of benzene rings is 1. The van der Waals surface area contributed by atoms with Gasteiger partial charge in [0.2, 0.25) is 0 Å². The summed E-state index contributed by atoms with van der Waals surface area (Å²) in [5.74, 6) is 0.814. The molecule has 1 aliphatic carbocycles. The molecule has 0 aromatic heterocycles. The van der Waals surface area contributed by atoms with E-state index in [0.29, 0.717) is 11.8 Å². The Labute approximate surface area is 85.8 Å². The van der Waals surface area contributed by atoms with Gasteiger partial charge >= 0.3 is 0 Å². The first-order valence-corrected chi connectivity index (χ1v) is 5.52. The molecule has 1 N–H and O–H groups in total. The van der Waals surface area contributed by atoms with Crippen molar-refractivity contribution in [3.63, 3.8) is 0 Å². The van der Waals surface area contributed by atoms with E-state index in [4.69, 9.17) is 0 Å². The van der Waals surface area contributed by atoms with Gasteiger partial charge in [0.25, 0.3) is 0 Å². The summed E-state index contributed by atoms with van der Waals surface area (Å²) in [5.41, 5.74) is 1.30. The molecule has 1 aliphatic rings. The zero-order valence-electron chi connectivity index (χ0n) is 8.69. The highest BCUT2D eigenvalue weighted by atomic mass is 16.3. The molecular formula is C13H18O. The normalized spacial score (nSPS) is 32.9. The second-order valence-electron chi connectivity index (χ2n) is 4.42. The van der Waals surface area contributed by atoms with E-state index in [0.717, 1.165) is 6.42 Å². The van der Waals surface area contributed by atoms with E-state index in [1.807, 2.05) is 6.07 Å². The molecule has 2 rings (SSSR count). The molecule has 0 heterocycles. The maximum Gasteiger partial charge on any atom is 0.0634 e. The predicted molar refractivity (Wildman–Crippen MR) is 58.2 cm³/mol. The Kier molecular flexibility index (Phi) is 2.87. The van der Waals surface area contributed by atoms with Crippen LogP contribution in [0.15, 0.2) is 30.3 Å². The average molecular weight is 190 g/mol. The van der Waals surface area contributed by atoms with Crippen LogP contribution in [0, 0.1) is 5.92 Å². The van der Waals surface area contributed by atoms with Gasteiger partial charge in [-0.25, -0.2) is 0 Å². The van der Waals surface area contributed by atoms with Crippen LogP contribution in [-0.2, 0) is 0 Å². The molecule has 1 nitrogen and oxygen atoms in total. The molecule has 0 spiro atoms. The van der Waals surface area contributed by atoms with Gasteiger partial charge in [0.05, 0.1) is 6.10 Å². The summed E-state index contributed by atoms with van der Waals surface area (Å²) >= 11 is 0. The Balaban J connectivity index is 2.17. The Morgan fingerprint density at radius 2 is 1.86 bits per heavy atom. The highest BCUT2D eigenvalue weighted by Crippen LogP contribution is 2.35. The molecule has 1 aromatic carbocycles. The molecule has 0 unspecified atom stereocenters. The van der Waals surface area contributed by atoms with Crippen LogP contribution in [0.4, 0.5) is 0 Å². The van der Waals surface area contributed by atoms with Gasteiger partial charge in [0.1, 0.15) is 0 Å². The minimum atomic E-state index is -0.147. The van der Waals surface area contributed by atoms with Crippen molar-refractivity contribution in [1.82, 2.24) is 0 Å². The molecule has 0 saturated heterocycles. The number of rotatable bonds is 1. The van der Waals surface area contributed by atoms with Gasteiger partial charge in [0, 0.05) is 5.92 Å². The highest BCUT2D eigenvalue weighted by Gasteiger charge is 2.29. The van der Waals surface area contributed by atoms with Gasteiger partial charge < -0.3 is 5.11 Å². The number of hydrogen-bond acceptors (Lipinski definition) is 1. The lowest BCUT2D eigenvalue weighted by molar-refractivity contribution is 0.0577. The van der Waals surface area contributed by atoms with E-state index in [1.165, 1.54) is 18.4 Å². The van der Waals surface area contributed by atoms with Gasteiger partial charge in [-0.1, -0.05) is 43.7 Å². The predicted octanol–water partition coefficient (Wildman–Crippen LogP) is 2.95. The van der Waals surface area contributed by atoms with Crippen molar-refractivity contribution in [3.05, 3.63) is 35.9 Å². The molecular weight excluding hydrogens is 172 g/mol. The summed E-state index contributed by atoms with van der Waals surface area (Å²) in [7, 11) is 0. The van der Waals surface area contributed by atoms with Gasteiger partial charge in [-0.2, -0.15) is 0 Å². The summed E-state index contributed by atoms with van der Waals surface area (Å²) in [5, 5.41) is 10.1. The molecule has 1 aromatic rings. The largest absolute Gasteiger partial charge is 0.392 e. The number of aliphatic hydroxyl groups excluding tert-OH is 1. The van der Waals surface area contributed by atoms with Gasteiger partial charge in [-0.15, -0.1) is 0 Å². The van der Waals surface area contributed by atoms with Gasteiger partial charge in [-0.05, 0) is 24.3 Å². The van der Waals surface area contributed by atoms with Crippen molar-refractivity contribution in [3.8, 4) is 0 Å². The van der Waals surface area contributed by atoms with Crippen molar-refractivity contribution in [2.75, 3.05) is 0 Å². The summed E-state index contributed by atoms with van der Waals surface area (Å²) in [4.78, 5) is 0. The van der Waals surface area contributed by atoms with Crippen LogP contribution >= 0.6 is 0 Å². The molecule has 76 valence electrons. The molecule has 0 bridgehead atoms. The summed E-state index contributed by atoms with van der Waals surface area (Å²) in [6.07, 6.45) is 3.41. The van der Waals surface area contributed by atoms with Crippen LogP contribution in [0.1, 0.15) is 37.7 Å². The Hall–Kier alpha value is -0.820. The molecule has 1 fully saturated rings. The van der Waals surface area contributed by atoms with E-state index < -0.39 is 0 Å². The molecule has 14 heavy (non-hydrogen) atoms. The zero-order valence-corrected chi connectivity index (χ0v) is 8.69. The second-order valence-corrected chi connectivity index (χ2v) is 4.42. The lowest BCUT2D eigenvalue weighted by Gasteiger charge is -2.33. The van der Waals surface area contributed by atoms with Crippen molar-refractivity contribution in [2.24, 2.45) is 5.92 Å². The Morgan fingerprint density at radius 3 is 2.57 bits per heavy atom. The van der Waals surface area contributed by atoms with Crippen molar-refractivity contribution < 1.29 is 5.11 Å². The van der Waals surface area contributed by atoms with E-state index in [-0.39, 0.29) is 6.10 Å². The van der Waals surface area contributed by atoms with Gasteiger partial charge in [-0.3, -0.25) is 0 Å². The SMILES string of the molecule is C[C@@H]1CCC[C@H](c2ccccc2)[C@@H]1O. The van der Waals surface area contributed by atoms with Gasteiger partial charge in [0.15, 0.2) is 0 Å². The van der Waals surface area contributed by atoms with Crippen LogP contribution in [0.5, 0.6) is 0 Å². The van der Waals surface area contributed by atoms with Crippen molar-refractivity contribution >= 4 is 0 Å². The van der Waals surface area contributed by atoms with Crippen molar-refractivity contribution in [2.45, 2.75) is 38.2 Å². The molecule has 3 atom stereocenters. The third-order valence-corrected chi connectivity index (χ3v) is 3.40. The van der Waals surface area contributed by atoms with E-state index in [1.54, 1.807) is 0 Å². The fourth-order valence-electron chi connectivity index (χ4n) is 2.46. The maximum absolute atomic E-state index is 10.1. The fourth-order valence-corrected chi connectivity index (χ4v) is 2.46. The van der Waals surface area contributed by atoms with E-state index in [2.05, 4.69) is 31.2 Å². The Bertz CT molecular complexity index is 281. The lowest BCUT2D eigenvalue weighted by atomic mass is 9.76. The summed E-state index contributed by atoms with van der Waals surface area (Å²) in [6, 6.07) is 10.4. The molecule has 0 aliphatic heterocycles. The molecule has 1 saturated carbocycles. The minimum absolute atomic E-state index is 0.147. The minimum Gasteiger partial charge on any atom is -0.392 e. The van der Waals surface area contributed by atoms with Crippen molar-refractivity contribution in [1.29, 1.82) is 0 Å². The first-order valence-electron chi connectivity index (χ1n) is 5.52. The third kappa shape index (κ3) is 1.83. The summed E-state index contributed by atoms with van der Waals surface area (Å²) in [6.45, 7) is 2.15. The Morgan fingerprint density at radius 1 is 1.14 bits per heavy atom. The first-order chi connectivity index (χ1) is 6.79. The summed E-state index contributed by atoms with van der Waals surface area (Å²) < 4.78 is 0.